The number of aromatic nitrogens is 2. The highest BCUT2D eigenvalue weighted by Crippen LogP contribution is 2.03. The molecule has 0 bridgehead atoms. The van der Waals surface area contributed by atoms with E-state index >= 15 is 0 Å². The average Bonchev–Trinajstić information content (AvgIpc) is 2.78. The van der Waals surface area contributed by atoms with Crippen molar-refractivity contribution in [2.45, 2.75) is 13.8 Å². The number of aryl methyl sites for hydroxylation is 2. The van der Waals surface area contributed by atoms with Crippen LogP contribution >= 0.6 is 0 Å². The summed E-state index contributed by atoms with van der Waals surface area (Å²) in [5.74, 6) is -0.329. The molecule has 0 saturated carbocycles. The number of aromatic amines is 1. The first-order valence-corrected chi connectivity index (χ1v) is 5.58. The van der Waals surface area contributed by atoms with E-state index in [1.165, 1.54) is 0 Å². The number of nitrogens with zero attached hydrogens (tertiary/aromatic N) is 2. The number of nitrogens with one attached hydrogen (secondary N) is 2. The normalized spacial score (nSPS) is 10.8. The molecule has 5 nitrogen and oxygen atoms in total. The SMILES string of the molecule is Cc1cc(C(=O)NN=Cc2ccccc2C)n[nH]1. The summed E-state index contributed by atoms with van der Waals surface area (Å²) in [7, 11) is 0. The van der Waals surface area contributed by atoms with Crippen molar-refractivity contribution in [2.75, 3.05) is 0 Å². The molecule has 2 N–H and O–H groups in total. The second-order valence-corrected chi connectivity index (χ2v) is 3.99. The molecule has 0 atom stereocenters. The Labute approximate surface area is 105 Å². The Morgan fingerprint density at radius 2 is 2.17 bits per heavy atom. The third-order valence-corrected chi connectivity index (χ3v) is 2.50. The highest BCUT2D eigenvalue weighted by molar-refractivity contribution is 5.93. The Morgan fingerprint density at radius 1 is 1.39 bits per heavy atom. The molecule has 18 heavy (non-hydrogen) atoms. The number of carbonyl (C=O) groups is 1. The van der Waals surface area contributed by atoms with Gasteiger partial charge in [-0.3, -0.25) is 9.89 Å². The van der Waals surface area contributed by atoms with Gasteiger partial charge in [0.1, 0.15) is 0 Å². The molecule has 0 aliphatic carbocycles. The van der Waals surface area contributed by atoms with Gasteiger partial charge >= 0.3 is 0 Å². The van der Waals surface area contributed by atoms with E-state index < -0.39 is 0 Å². The van der Waals surface area contributed by atoms with E-state index in [1.54, 1.807) is 12.3 Å². The van der Waals surface area contributed by atoms with Crippen LogP contribution in [0.4, 0.5) is 0 Å². The second kappa shape index (κ2) is 5.27. The van der Waals surface area contributed by atoms with Crippen LogP contribution in [0, 0.1) is 13.8 Å². The first kappa shape index (κ1) is 12.0. The van der Waals surface area contributed by atoms with Crippen molar-refractivity contribution in [3.8, 4) is 0 Å². The van der Waals surface area contributed by atoms with E-state index in [0.29, 0.717) is 5.69 Å². The monoisotopic (exact) mass is 242 g/mol. The van der Waals surface area contributed by atoms with Crippen molar-refractivity contribution >= 4 is 12.1 Å². The molecular weight excluding hydrogens is 228 g/mol. The summed E-state index contributed by atoms with van der Waals surface area (Å²) in [6.07, 6.45) is 1.62. The van der Waals surface area contributed by atoms with E-state index in [9.17, 15) is 4.79 Å². The van der Waals surface area contributed by atoms with Crippen molar-refractivity contribution in [3.05, 3.63) is 52.8 Å². The Bertz CT molecular complexity index is 586. The maximum absolute atomic E-state index is 11.6. The van der Waals surface area contributed by atoms with Crippen molar-refractivity contribution in [1.82, 2.24) is 15.6 Å². The fourth-order valence-electron chi connectivity index (χ4n) is 1.48. The molecule has 1 aromatic heterocycles. The van der Waals surface area contributed by atoms with Crippen molar-refractivity contribution in [3.63, 3.8) is 0 Å². The molecule has 2 rings (SSSR count). The predicted octanol–water partition coefficient (Wildman–Crippen LogP) is 1.79. The summed E-state index contributed by atoms with van der Waals surface area (Å²) in [6, 6.07) is 9.47. The molecule has 92 valence electrons. The van der Waals surface area contributed by atoms with Crippen LogP contribution in [0.1, 0.15) is 27.3 Å². The predicted molar refractivity (Wildman–Crippen MR) is 69.6 cm³/mol. The van der Waals surface area contributed by atoms with Crippen LogP contribution in [-0.2, 0) is 0 Å². The van der Waals surface area contributed by atoms with Gasteiger partial charge in [-0.2, -0.15) is 10.2 Å². The minimum Gasteiger partial charge on any atom is -0.282 e. The van der Waals surface area contributed by atoms with Gasteiger partial charge in [-0.25, -0.2) is 5.43 Å². The largest absolute Gasteiger partial charge is 0.291 e. The Balaban J connectivity index is 2.00. The molecule has 2 aromatic rings. The van der Waals surface area contributed by atoms with Crippen molar-refractivity contribution in [1.29, 1.82) is 0 Å². The van der Waals surface area contributed by atoms with Crippen molar-refractivity contribution < 1.29 is 4.79 Å². The number of rotatable bonds is 3. The number of hydrogen-bond acceptors (Lipinski definition) is 3. The Morgan fingerprint density at radius 3 is 2.83 bits per heavy atom. The lowest BCUT2D eigenvalue weighted by atomic mass is 10.1. The minimum absolute atomic E-state index is 0.328. The lowest BCUT2D eigenvalue weighted by Gasteiger charge is -1.98. The Kier molecular flexibility index (Phi) is 3.52. The summed E-state index contributed by atoms with van der Waals surface area (Å²) in [5.41, 5.74) is 5.67. The Hall–Kier alpha value is -2.43. The molecule has 5 heteroatoms. The lowest BCUT2D eigenvalue weighted by Crippen LogP contribution is -2.18. The van der Waals surface area contributed by atoms with Gasteiger partial charge in [0.25, 0.3) is 5.91 Å². The summed E-state index contributed by atoms with van der Waals surface area (Å²) < 4.78 is 0. The number of benzene rings is 1. The summed E-state index contributed by atoms with van der Waals surface area (Å²) in [4.78, 5) is 11.6. The third-order valence-electron chi connectivity index (χ3n) is 2.50. The first-order valence-electron chi connectivity index (χ1n) is 5.58. The number of carbonyl (C=O) groups excluding carboxylic acids is 1. The van der Waals surface area contributed by atoms with Crippen LogP contribution in [-0.4, -0.2) is 22.3 Å². The van der Waals surface area contributed by atoms with Gasteiger partial charge in [-0.15, -0.1) is 0 Å². The van der Waals surface area contributed by atoms with Gasteiger partial charge in [0, 0.05) is 5.69 Å². The quantitative estimate of drug-likeness (QED) is 0.636. The molecule has 1 aromatic carbocycles. The van der Waals surface area contributed by atoms with Gasteiger partial charge < -0.3 is 0 Å². The zero-order valence-electron chi connectivity index (χ0n) is 10.3. The average molecular weight is 242 g/mol. The van der Waals surface area contributed by atoms with E-state index in [2.05, 4.69) is 20.7 Å². The molecule has 0 spiro atoms. The fourth-order valence-corrected chi connectivity index (χ4v) is 1.48. The van der Waals surface area contributed by atoms with Gasteiger partial charge in [0.15, 0.2) is 5.69 Å². The van der Waals surface area contributed by atoms with E-state index in [-0.39, 0.29) is 5.91 Å². The number of H-pyrrole nitrogens is 1. The van der Waals surface area contributed by atoms with Crippen LogP contribution in [0.5, 0.6) is 0 Å². The number of hydrazone groups is 1. The number of hydrogen-bond donors (Lipinski definition) is 2. The molecule has 0 aliphatic rings. The summed E-state index contributed by atoms with van der Waals surface area (Å²) >= 11 is 0. The molecule has 1 amide bonds. The zero-order chi connectivity index (χ0) is 13.0. The minimum atomic E-state index is -0.329. The second-order valence-electron chi connectivity index (χ2n) is 3.99. The first-order chi connectivity index (χ1) is 8.66. The maximum atomic E-state index is 11.6. The third kappa shape index (κ3) is 2.82. The molecule has 0 saturated heterocycles. The van der Waals surface area contributed by atoms with Crippen molar-refractivity contribution in [2.24, 2.45) is 5.10 Å². The van der Waals surface area contributed by atoms with Crippen LogP contribution in [0.15, 0.2) is 35.4 Å². The molecular formula is C13H14N4O. The van der Waals surface area contributed by atoms with E-state index in [0.717, 1.165) is 16.8 Å². The topological polar surface area (TPSA) is 70.1 Å². The van der Waals surface area contributed by atoms with Gasteiger partial charge in [0.05, 0.1) is 6.21 Å². The van der Waals surface area contributed by atoms with Crippen LogP contribution in [0.3, 0.4) is 0 Å². The zero-order valence-corrected chi connectivity index (χ0v) is 10.3. The number of amides is 1. The maximum Gasteiger partial charge on any atom is 0.291 e. The fraction of sp³-hybridized carbons (Fsp3) is 0.154. The highest BCUT2D eigenvalue weighted by atomic mass is 16.2. The summed E-state index contributed by atoms with van der Waals surface area (Å²) in [6.45, 7) is 3.82. The molecule has 0 radical (unpaired) electrons. The molecule has 0 fully saturated rings. The van der Waals surface area contributed by atoms with Crippen LogP contribution < -0.4 is 5.43 Å². The molecule has 1 heterocycles. The van der Waals surface area contributed by atoms with Gasteiger partial charge in [0.2, 0.25) is 0 Å². The molecule has 0 unspecified atom stereocenters. The van der Waals surface area contributed by atoms with Gasteiger partial charge in [-0.1, -0.05) is 24.3 Å². The van der Waals surface area contributed by atoms with Crippen LogP contribution in [0.2, 0.25) is 0 Å². The summed E-state index contributed by atoms with van der Waals surface area (Å²) in [5, 5.41) is 10.5. The van der Waals surface area contributed by atoms with Crippen LogP contribution in [0.25, 0.3) is 0 Å². The van der Waals surface area contributed by atoms with Gasteiger partial charge in [-0.05, 0) is 31.0 Å². The standard InChI is InChI=1S/C13H14N4O/c1-9-5-3-4-6-11(9)8-14-17-13(18)12-7-10(2)15-16-12/h3-8H,1-2H3,(H,15,16)(H,17,18). The highest BCUT2D eigenvalue weighted by Gasteiger charge is 2.07. The van der Waals surface area contributed by atoms with E-state index in [1.807, 2.05) is 38.1 Å². The molecule has 0 aliphatic heterocycles. The smallest absolute Gasteiger partial charge is 0.282 e. The lowest BCUT2D eigenvalue weighted by molar-refractivity contribution is 0.0950. The van der Waals surface area contributed by atoms with E-state index in [4.69, 9.17) is 0 Å².